The minimum atomic E-state index is -4.75. The first-order chi connectivity index (χ1) is 10.1. The smallest absolute Gasteiger partial charge is 0.205 e. The van der Waals surface area contributed by atoms with E-state index in [0.29, 0.717) is 6.07 Å². The Bertz CT molecular complexity index is 687. The van der Waals surface area contributed by atoms with Crippen molar-refractivity contribution in [3.8, 4) is 11.1 Å². The highest BCUT2D eigenvalue weighted by atomic mass is 35.5. The summed E-state index contributed by atoms with van der Waals surface area (Å²) >= 11 is 17.4. The van der Waals surface area contributed by atoms with Crippen LogP contribution in [0.2, 0.25) is 15.1 Å². The molecule has 0 N–H and O–H groups in total. The fourth-order valence-corrected chi connectivity index (χ4v) is 2.43. The van der Waals surface area contributed by atoms with Crippen molar-refractivity contribution in [2.45, 2.75) is 12.6 Å². The first-order valence-electron chi connectivity index (χ1n) is 5.75. The molecule has 0 saturated heterocycles. The van der Waals surface area contributed by atoms with E-state index in [1.54, 1.807) is 0 Å². The Balaban J connectivity index is 2.67. The molecular weight excluding hydrogens is 370 g/mol. The summed E-state index contributed by atoms with van der Waals surface area (Å²) in [5.41, 5.74) is -1.84. The van der Waals surface area contributed by atoms with Crippen LogP contribution >= 0.6 is 34.8 Å². The number of halogens is 8. The van der Waals surface area contributed by atoms with Crippen LogP contribution in [-0.2, 0) is 6.18 Å². The van der Waals surface area contributed by atoms with Crippen molar-refractivity contribution in [3.63, 3.8) is 0 Å². The molecule has 0 bridgehead atoms. The summed E-state index contributed by atoms with van der Waals surface area (Å²) in [6.07, 6.45) is -7.79. The van der Waals surface area contributed by atoms with Crippen molar-refractivity contribution < 1.29 is 22.0 Å². The third-order valence-corrected chi connectivity index (χ3v) is 4.05. The van der Waals surface area contributed by atoms with Gasteiger partial charge in [0.05, 0.1) is 20.6 Å². The van der Waals surface area contributed by atoms with Gasteiger partial charge >= 0.3 is 6.18 Å². The summed E-state index contributed by atoms with van der Waals surface area (Å²) in [5.74, 6) is 0. The van der Waals surface area contributed by atoms with E-state index in [-0.39, 0.29) is 26.2 Å². The molecule has 0 radical (unpaired) electrons. The zero-order valence-corrected chi connectivity index (χ0v) is 12.8. The van der Waals surface area contributed by atoms with Gasteiger partial charge in [-0.25, -0.2) is 8.78 Å². The van der Waals surface area contributed by atoms with Crippen LogP contribution in [0.5, 0.6) is 0 Å². The Hall–Kier alpha value is -1.04. The SMILES string of the molecule is FC(F)c1cc(-c2cc(Cl)c(Cl)c(Cl)c2)cc(C(F)(F)F)c1. The summed E-state index contributed by atoms with van der Waals surface area (Å²) in [4.78, 5) is 0. The van der Waals surface area contributed by atoms with E-state index in [1.165, 1.54) is 12.1 Å². The summed E-state index contributed by atoms with van der Waals surface area (Å²) in [5, 5.41) is 0.0634. The molecule has 22 heavy (non-hydrogen) atoms. The average Bonchev–Trinajstić information content (AvgIpc) is 2.42. The third-order valence-electron chi connectivity index (χ3n) is 2.85. The lowest BCUT2D eigenvalue weighted by molar-refractivity contribution is -0.137. The minimum absolute atomic E-state index is 0.0141. The molecule has 8 heteroatoms. The van der Waals surface area contributed by atoms with Crippen molar-refractivity contribution in [2.75, 3.05) is 0 Å². The van der Waals surface area contributed by atoms with Crippen LogP contribution in [0.4, 0.5) is 22.0 Å². The number of hydrogen-bond donors (Lipinski definition) is 0. The van der Waals surface area contributed by atoms with Gasteiger partial charge in [0.2, 0.25) is 0 Å². The van der Waals surface area contributed by atoms with Gasteiger partial charge in [0, 0.05) is 5.56 Å². The normalized spacial score (nSPS) is 12.0. The molecule has 2 aromatic carbocycles. The van der Waals surface area contributed by atoms with E-state index in [4.69, 9.17) is 34.8 Å². The average molecular weight is 376 g/mol. The second kappa shape index (κ2) is 6.22. The zero-order valence-electron chi connectivity index (χ0n) is 10.5. The van der Waals surface area contributed by atoms with Gasteiger partial charge in [0.25, 0.3) is 6.43 Å². The van der Waals surface area contributed by atoms with Crippen LogP contribution in [-0.4, -0.2) is 0 Å². The highest BCUT2D eigenvalue weighted by Gasteiger charge is 2.32. The van der Waals surface area contributed by atoms with Crippen LogP contribution < -0.4 is 0 Å². The first kappa shape index (κ1) is 17.3. The van der Waals surface area contributed by atoms with Gasteiger partial charge in [-0.2, -0.15) is 13.2 Å². The monoisotopic (exact) mass is 374 g/mol. The van der Waals surface area contributed by atoms with E-state index in [1.807, 2.05) is 0 Å². The number of hydrogen-bond acceptors (Lipinski definition) is 0. The van der Waals surface area contributed by atoms with Crippen LogP contribution in [0.25, 0.3) is 11.1 Å². The molecule has 0 saturated carbocycles. The molecule has 0 aliphatic heterocycles. The molecule has 2 aromatic rings. The van der Waals surface area contributed by atoms with Crippen LogP contribution in [0.1, 0.15) is 17.6 Å². The highest BCUT2D eigenvalue weighted by molar-refractivity contribution is 6.48. The minimum Gasteiger partial charge on any atom is -0.205 e. The second-order valence-electron chi connectivity index (χ2n) is 4.40. The van der Waals surface area contributed by atoms with Crippen LogP contribution in [0.15, 0.2) is 30.3 Å². The fourth-order valence-electron chi connectivity index (χ4n) is 1.83. The molecular formula is C14H6Cl3F5. The predicted octanol–water partition coefficient (Wildman–Crippen LogP) is 7.27. The Labute approximate surface area is 137 Å². The molecule has 0 spiro atoms. The molecule has 0 atom stereocenters. The van der Waals surface area contributed by atoms with E-state index in [2.05, 4.69) is 0 Å². The van der Waals surface area contributed by atoms with Crippen molar-refractivity contribution >= 4 is 34.8 Å². The second-order valence-corrected chi connectivity index (χ2v) is 5.59. The van der Waals surface area contributed by atoms with E-state index >= 15 is 0 Å². The Kier molecular flexibility index (Phi) is 4.90. The van der Waals surface area contributed by atoms with E-state index < -0.39 is 23.7 Å². The van der Waals surface area contributed by atoms with Gasteiger partial charge in [0.1, 0.15) is 0 Å². The van der Waals surface area contributed by atoms with E-state index in [9.17, 15) is 22.0 Å². The zero-order chi connectivity index (χ0) is 16.7. The van der Waals surface area contributed by atoms with Crippen LogP contribution in [0, 0.1) is 0 Å². The molecule has 0 amide bonds. The van der Waals surface area contributed by atoms with Gasteiger partial charge < -0.3 is 0 Å². The number of alkyl halides is 5. The fraction of sp³-hybridized carbons (Fsp3) is 0.143. The lowest BCUT2D eigenvalue weighted by atomic mass is 9.99. The molecule has 0 fully saturated rings. The third kappa shape index (κ3) is 3.65. The quantitative estimate of drug-likeness (QED) is 0.382. The van der Waals surface area contributed by atoms with Gasteiger partial charge in [-0.15, -0.1) is 0 Å². The van der Waals surface area contributed by atoms with Gasteiger partial charge in [0.15, 0.2) is 0 Å². The summed E-state index contributed by atoms with van der Waals surface area (Å²) < 4.78 is 64.1. The van der Waals surface area contributed by atoms with Gasteiger partial charge in [-0.1, -0.05) is 34.8 Å². The maximum Gasteiger partial charge on any atom is 0.416 e. The molecule has 0 heterocycles. The maximum atomic E-state index is 12.8. The Morgan fingerprint density at radius 1 is 0.773 bits per heavy atom. The van der Waals surface area contributed by atoms with Gasteiger partial charge in [-0.3, -0.25) is 0 Å². The summed E-state index contributed by atoms with van der Waals surface area (Å²) in [6, 6.07) is 4.64. The van der Waals surface area contributed by atoms with Crippen molar-refractivity contribution in [1.82, 2.24) is 0 Å². The topological polar surface area (TPSA) is 0 Å². The van der Waals surface area contributed by atoms with Crippen LogP contribution in [0.3, 0.4) is 0 Å². The lowest BCUT2D eigenvalue weighted by Crippen LogP contribution is -2.06. The summed E-state index contributed by atoms with van der Waals surface area (Å²) in [7, 11) is 0. The highest BCUT2D eigenvalue weighted by Crippen LogP contribution is 2.39. The predicted molar refractivity (Wildman–Crippen MR) is 76.9 cm³/mol. The van der Waals surface area contributed by atoms with Gasteiger partial charge in [-0.05, 0) is 41.5 Å². The number of benzene rings is 2. The molecule has 118 valence electrons. The molecule has 0 aromatic heterocycles. The largest absolute Gasteiger partial charge is 0.416 e. The van der Waals surface area contributed by atoms with Crippen molar-refractivity contribution in [1.29, 1.82) is 0 Å². The maximum absolute atomic E-state index is 12.8. The lowest BCUT2D eigenvalue weighted by Gasteiger charge is -2.13. The Morgan fingerprint density at radius 2 is 1.27 bits per heavy atom. The molecule has 2 rings (SSSR count). The molecule has 0 aliphatic rings. The molecule has 0 unspecified atom stereocenters. The van der Waals surface area contributed by atoms with Crippen molar-refractivity contribution in [2.24, 2.45) is 0 Å². The Morgan fingerprint density at radius 3 is 1.73 bits per heavy atom. The van der Waals surface area contributed by atoms with E-state index in [0.717, 1.165) is 12.1 Å². The summed E-state index contributed by atoms with van der Waals surface area (Å²) in [6.45, 7) is 0. The first-order valence-corrected chi connectivity index (χ1v) is 6.88. The molecule has 0 aliphatic carbocycles. The molecule has 0 nitrogen and oxygen atoms in total. The van der Waals surface area contributed by atoms with Crippen molar-refractivity contribution in [3.05, 3.63) is 56.5 Å². The standard InChI is InChI=1S/C14H6Cl3F5/c15-10-4-7(5-11(16)12(10)17)6-1-8(13(18)19)3-9(2-6)14(20,21)22/h1-5,13H. The number of rotatable bonds is 2.